The van der Waals surface area contributed by atoms with Crippen molar-refractivity contribution in [3.63, 3.8) is 0 Å². The lowest BCUT2D eigenvalue weighted by Gasteiger charge is -2.41. The number of aromatic nitrogens is 2. The van der Waals surface area contributed by atoms with E-state index in [1.165, 1.54) is 18.2 Å². The largest absolute Gasteiger partial charge is 0.573 e. The van der Waals surface area contributed by atoms with E-state index in [1.807, 2.05) is 0 Å². The molecule has 5 rings (SSSR count). The van der Waals surface area contributed by atoms with Crippen molar-refractivity contribution in [1.82, 2.24) is 20.0 Å². The van der Waals surface area contributed by atoms with Crippen LogP contribution in [0, 0.1) is 11.6 Å². The Balaban J connectivity index is 1.42. The van der Waals surface area contributed by atoms with Crippen molar-refractivity contribution in [2.45, 2.75) is 24.6 Å². The van der Waals surface area contributed by atoms with Crippen LogP contribution in [0.5, 0.6) is 5.75 Å². The number of carbonyl (C=O) groups is 1. The van der Waals surface area contributed by atoms with Gasteiger partial charge in [0.25, 0.3) is 0 Å². The highest BCUT2D eigenvalue weighted by Gasteiger charge is 2.36. The Labute approximate surface area is 215 Å². The fraction of sp³-hybridized carbons (Fsp3) is 0.385. The number of rotatable bonds is 4. The van der Waals surface area contributed by atoms with Crippen molar-refractivity contribution in [2.24, 2.45) is 0 Å². The van der Waals surface area contributed by atoms with E-state index in [0.29, 0.717) is 51.5 Å². The molecule has 2 fully saturated rings. The number of morpholine rings is 1. The zero-order valence-electron chi connectivity index (χ0n) is 20.2. The number of aromatic amines is 1. The molecule has 0 spiro atoms. The number of nitrogens with one attached hydrogen (secondary N) is 1. The molecule has 3 aromatic rings. The number of alkyl halides is 3. The van der Waals surface area contributed by atoms with Crippen LogP contribution in [0.1, 0.15) is 29.5 Å². The third kappa shape index (κ3) is 5.74. The number of nitrogens with zero attached hydrogens (tertiary/aromatic N) is 3. The normalized spacial score (nSPS) is 20.4. The molecule has 12 heteroatoms. The number of hydrogen-bond donors (Lipinski definition) is 1. The fourth-order valence-electron chi connectivity index (χ4n) is 5.03. The molecule has 38 heavy (non-hydrogen) atoms. The Morgan fingerprint density at radius 2 is 1.63 bits per heavy atom. The lowest BCUT2D eigenvalue weighted by Crippen LogP contribution is -2.52. The summed E-state index contributed by atoms with van der Waals surface area (Å²) in [5, 5.41) is 7.00. The average molecular weight is 537 g/mol. The quantitative estimate of drug-likeness (QED) is 0.461. The summed E-state index contributed by atoms with van der Waals surface area (Å²) >= 11 is 0. The number of piperidine rings is 1. The maximum absolute atomic E-state index is 14.3. The van der Waals surface area contributed by atoms with Crippen molar-refractivity contribution < 1.29 is 36.2 Å². The first-order valence-corrected chi connectivity index (χ1v) is 12.1. The van der Waals surface area contributed by atoms with Gasteiger partial charge in [-0.05, 0) is 42.3 Å². The van der Waals surface area contributed by atoms with E-state index in [4.69, 9.17) is 4.74 Å². The summed E-state index contributed by atoms with van der Waals surface area (Å²) in [5.41, 5.74) is 1.20. The van der Waals surface area contributed by atoms with Crippen LogP contribution in [0.25, 0.3) is 11.3 Å². The highest BCUT2D eigenvalue weighted by atomic mass is 19.4. The minimum Gasteiger partial charge on any atom is -0.406 e. The second-order valence-corrected chi connectivity index (χ2v) is 9.34. The number of urea groups is 1. The summed E-state index contributed by atoms with van der Waals surface area (Å²) in [6.45, 7) is 2.47. The van der Waals surface area contributed by atoms with E-state index in [-0.39, 0.29) is 34.9 Å². The summed E-state index contributed by atoms with van der Waals surface area (Å²) < 4.78 is 75.8. The molecule has 202 valence electrons. The second kappa shape index (κ2) is 10.6. The summed E-state index contributed by atoms with van der Waals surface area (Å²) in [6, 6.07) is 10.6. The van der Waals surface area contributed by atoms with Crippen molar-refractivity contribution >= 4 is 6.03 Å². The van der Waals surface area contributed by atoms with Gasteiger partial charge in [-0.25, -0.2) is 13.6 Å². The first kappa shape index (κ1) is 26.0. The van der Waals surface area contributed by atoms with Gasteiger partial charge in [-0.1, -0.05) is 18.2 Å². The number of ether oxygens (including phenoxy) is 2. The molecular formula is C26H25F5N4O3. The van der Waals surface area contributed by atoms with Crippen molar-refractivity contribution in [1.29, 1.82) is 0 Å². The number of H-pyrrole nitrogens is 1. The second-order valence-electron chi connectivity index (χ2n) is 9.34. The number of amides is 2. The standard InChI is InChI=1S/C26H25F5N4O3/c27-20-2-1-3-21(28)24(20)23-13-22(32-33-23)18-12-17(16-4-6-19(7-5-16)38-26(29,30)31)14-35(15-18)25(36)34-8-10-37-11-9-34/h1-7,13,17-18H,8-12,14-15H2,(H,32,33). The molecule has 2 aliphatic heterocycles. The van der Waals surface area contributed by atoms with Crippen LogP contribution >= 0.6 is 0 Å². The molecule has 0 saturated carbocycles. The van der Waals surface area contributed by atoms with E-state index in [1.54, 1.807) is 28.0 Å². The Morgan fingerprint density at radius 1 is 0.974 bits per heavy atom. The van der Waals surface area contributed by atoms with Gasteiger partial charge >= 0.3 is 12.4 Å². The van der Waals surface area contributed by atoms with E-state index in [2.05, 4.69) is 14.9 Å². The molecule has 2 unspecified atom stereocenters. The van der Waals surface area contributed by atoms with Gasteiger partial charge in [0.2, 0.25) is 0 Å². The number of hydrogen-bond acceptors (Lipinski definition) is 4. The molecule has 0 radical (unpaired) electrons. The molecule has 1 N–H and O–H groups in total. The van der Waals surface area contributed by atoms with E-state index < -0.39 is 18.0 Å². The third-order valence-electron chi connectivity index (χ3n) is 6.84. The SMILES string of the molecule is O=C(N1CCOCC1)N1CC(c2ccc(OC(F)(F)F)cc2)CC(c2cc(-c3c(F)cccc3F)n[nH]2)C1. The molecule has 2 atom stereocenters. The molecule has 7 nitrogen and oxygen atoms in total. The Bertz CT molecular complexity index is 1250. The first-order chi connectivity index (χ1) is 18.2. The van der Waals surface area contributed by atoms with Crippen LogP contribution < -0.4 is 4.74 Å². The summed E-state index contributed by atoms with van der Waals surface area (Å²) in [4.78, 5) is 16.8. The zero-order valence-corrected chi connectivity index (χ0v) is 20.2. The maximum Gasteiger partial charge on any atom is 0.573 e. The lowest BCUT2D eigenvalue weighted by molar-refractivity contribution is -0.274. The minimum absolute atomic E-state index is 0.109. The zero-order chi connectivity index (χ0) is 26.9. The van der Waals surface area contributed by atoms with Gasteiger partial charge in [0.05, 0.1) is 24.5 Å². The predicted molar refractivity (Wildman–Crippen MR) is 127 cm³/mol. The molecule has 2 amide bonds. The summed E-state index contributed by atoms with van der Waals surface area (Å²) in [5.74, 6) is -2.29. The first-order valence-electron chi connectivity index (χ1n) is 12.1. The lowest BCUT2D eigenvalue weighted by atomic mass is 9.83. The molecule has 0 bridgehead atoms. The molecule has 2 saturated heterocycles. The van der Waals surface area contributed by atoms with E-state index in [0.717, 1.165) is 17.7 Å². The highest BCUT2D eigenvalue weighted by molar-refractivity contribution is 5.75. The smallest absolute Gasteiger partial charge is 0.406 e. The average Bonchev–Trinajstić information content (AvgIpc) is 3.38. The number of benzene rings is 2. The van der Waals surface area contributed by atoms with Crippen LogP contribution in [0.3, 0.4) is 0 Å². The summed E-state index contributed by atoms with van der Waals surface area (Å²) in [7, 11) is 0. The fourth-order valence-corrected chi connectivity index (χ4v) is 5.03. The van der Waals surface area contributed by atoms with Crippen molar-refractivity contribution in [3.8, 4) is 17.0 Å². The van der Waals surface area contributed by atoms with Crippen LogP contribution in [0.15, 0.2) is 48.5 Å². The van der Waals surface area contributed by atoms with E-state index >= 15 is 0 Å². The monoisotopic (exact) mass is 536 g/mol. The number of halogens is 5. The Hall–Kier alpha value is -3.67. The topological polar surface area (TPSA) is 70.7 Å². The van der Waals surface area contributed by atoms with Gasteiger partial charge in [-0.2, -0.15) is 5.10 Å². The minimum atomic E-state index is -4.80. The molecular weight excluding hydrogens is 511 g/mol. The van der Waals surface area contributed by atoms with Gasteiger partial charge in [0.1, 0.15) is 17.4 Å². The summed E-state index contributed by atoms with van der Waals surface area (Å²) in [6.07, 6.45) is -4.26. The third-order valence-corrected chi connectivity index (χ3v) is 6.84. The molecule has 2 aromatic carbocycles. The van der Waals surface area contributed by atoms with E-state index in [9.17, 15) is 26.7 Å². The Morgan fingerprint density at radius 3 is 2.29 bits per heavy atom. The van der Waals surface area contributed by atoms with Crippen molar-refractivity contribution in [2.75, 3.05) is 39.4 Å². The van der Waals surface area contributed by atoms with Gasteiger partial charge < -0.3 is 19.3 Å². The molecule has 2 aliphatic rings. The van der Waals surface area contributed by atoms with Gasteiger partial charge in [0, 0.05) is 43.7 Å². The number of carbonyl (C=O) groups excluding carboxylic acids is 1. The molecule has 3 heterocycles. The number of likely N-dealkylation sites (tertiary alicyclic amines) is 1. The predicted octanol–water partition coefficient (Wildman–Crippen LogP) is 5.28. The van der Waals surface area contributed by atoms with Crippen LogP contribution in [0.2, 0.25) is 0 Å². The van der Waals surface area contributed by atoms with Crippen molar-refractivity contribution in [3.05, 3.63) is 71.4 Å². The van der Waals surface area contributed by atoms with Gasteiger partial charge in [0.15, 0.2) is 0 Å². The van der Waals surface area contributed by atoms with Gasteiger partial charge in [-0.15, -0.1) is 13.2 Å². The molecule has 0 aliphatic carbocycles. The van der Waals surface area contributed by atoms with Crippen LogP contribution in [0.4, 0.5) is 26.7 Å². The van der Waals surface area contributed by atoms with Gasteiger partial charge in [-0.3, -0.25) is 5.10 Å². The Kier molecular flexibility index (Phi) is 7.24. The van der Waals surface area contributed by atoms with Crippen LogP contribution in [-0.4, -0.2) is 71.8 Å². The maximum atomic E-state index is 14.3. The highest BCUT2D eigenvalue weighted by Crippen LogP contribution is 2.38. The van der Waals surface area contributed by atoms with Crippen LogP contribution in [-0.2, 0) is 4.74 Å². The molecule has 1 aromatic heterocycles.